The van der Waals surface area contributed by atoms with E-state index in [1.54, 1.807) is 0 Å². The molecule has 3 rings (SSSR count). The summed E-state index contributed by atoms with van der Waals surface area (Å²) in [7, 11) is 0. The van der Waals surface area contributed by atoms with E-state index in [2.05, 4.69) is 38.2 Å². The number of hydrogen-bond donors (Lipinski definition) is 1. The van der Waals surface area contributed by atoms with Crippen molar-refractivity contribution in [3.63, 3.8) is 0 Å². The zero-order chi connectivity index (χ0) is 17.5. The fourth-order valence-electron chi connectivity index (χ4n) is 3.33. The minimum absolute atomic E-state index is 0.183. The Hall–Kier alpha value is -2.10. The second-order valence-corrected chi connectivity index (χ2v) is 7.99. The summed E-state index contributed by atoms with van der Waals surface area (Å²) in [6.07, 6.45) is 2.81. The van der Waals surface area contributed by atoms with Gasteiger partial charge in [-0.15, -0.1) is 0 Å². The molecule has 0 saturated heterocycles. The molecule has 1 heterocycles. The molecule has 1 atom stereocenters. The van der Waals surface area contributed by atoms with Gasteiger partial charge in [0.25, 0.3) is 5.91 Å². The highest BCUT2D eigenvalue weighted by atomic mass is 16.5. The highest BCUT2D eigenvalue weighted by Crippen LogP contribution is 2.38. The molecule has 1 N–H and O–H groups in total. The first-order valence-corrected chi connectivity index (χ1v) is 8.61. The molecular formula is C20H26N2O2. The number of benzene rings is 1. The first kappa shape index (κ1) is 16.7. The summed E-state index contributed by atoms with van der Waals surface area (Å²) >= 11 is 0. The fraction of sp³-hybridized carbons (Fsp3) is 0.500. The van der Waals surface area contributed by atoms with E-state index in [0.717, 1.165) is 41.8 Å². The molecule has 0 fully saturated rings. The van der Waals surface area contributed by atoms with E-state index >= 15 is 0 Å². The third-order valence-corrected chi connectivity index (χ3v) is 5.24. The lowest BCUT2D eigenvalue weighted by molar-refractivity contribution is 0.101. The monoisotopic (exact) mass is 326 g/mol. The number of anilines is 1. The van der Waals surface area contributed by atoms with Crippen molar-refractivity contribution in [1.82, 2.24) is 5.16 Å². The van der Waals surface area contributed by atoms with E-state index in [1.165, 1.54) is 5.56 Å². The van der Waals surface area contributed by atoms with E-state index in [1.807, 2.05) is 25.1 Å². The van der Waals surface area contributed by atoms with Crippen LogP contribution in [-0.2, 0) is 12.8 Å². The predicted octanol–water partition coefficient (Wildman–Crippen LogP) is 4.69. The van der Waals surface area contributed by atoms with Crippen LogP contribution >= 0.6 is 0 Å². The lowest BCUT2D eigenvalue weighted by Crippen LogP contribution is -2.27. The van der Waals surface area contributed by atoms with Crippen molar-refractivity contribution in [2.75, 3.05) is 5.32 Å². The standard InChI is InChI=1S/C20H26N2O2/c1-12-6-8-15(10-13(12)2)21-19(23)18-16-11-14(20(3,4)5)7-9-17(16)24-22-18/h6,8,10,14H,7,9,11H2,1-5H3,(H,21,23). The van der Waals surface area contributed by atoms with Crippen molar-refractivity contribution in [1.29, 1.82) is 0 Å². The molecule has 1 aliphatic rings. The van der Waals surface area contributed by atoms with Gasteiger partial charge in [0.1, 0.15) is 5.76 Å². The Bertz CT molecular complexity index is 768. The number of fused-ring (bicyclic) bond motifs is 1. The first-order valence-electron chi connectivity index (χ1n) is 8.61. The lowest BCUT2D eigenvalue weighted by atomic mass is 9.71. The zero-order valence-electron chi connectivity index (χ0n) is 15.2. The van der Waals surface area contributed by atoms with Crippen molar-refractivity contribution in [2.24, 2.45) is 11.3 Å². The number of amides is 1. The van der Waals surface area contributed by atoms with Crippen molar-refractivity contribution in [2.45, 2.75) is 53.9 Å². The summed E-state index contributed by atoms with van der Waals surface area (Å²) < 4.78 is 5.44. The number of rotatable bonds is 2. The number of nitrogens with one attached hydrogen (secondary N) is 1. The van der Waals surface area contributed by atoms with Gasteiger partial charge in [-0.2, -0.15) is 0 Å². The number of aryl methyl sites for hydroxylation is 3. The molecule has 0 spiro atoms. The highest BCUT2D eigenvalue weighted by molar-refractivity contribution is 6.04. The number of hydrogen-bond acceptors (Lipinski definition) is 3. The molecular weight excluding hydrogens is 300 g/mol. The van der Waals surface area contributed by atoms with Gasteiger partial charge in [-0.3, -0.25) is 4.79 Å². The van der Waals surface area contributed by atoms with Gasteiger partial charge in [0.05, 0.1) is 0 Å². The Kier molecular flexibility index (Phi) is 4.24. The largest absolute Gasteiger partial charge is 0.360 e. The summed E-state index contributed by atoms with van der Waals surface area (Å²) in [4.78, 5) is 12.7. The molecule has 24 heavy (non-hydrogen) atoms. The third kappa shape index (κ3) is 3.23. The Morgan fingerprint density at radius 2 is 2.00 bits per heavy atom. The van der Waals surface area contributed by atoms with Crippen molar-refractivity contribution in [3.05, 3.63) is 46.3 Å². The topological polar surface area (TPSA) is 55.1 Å². The molecule has 1 aromatic carbocycles. The number of aromatic nitrogens is 1. The number of carbonyl (C=O) groups is 1. The SMILES string of the molecule is Cc1ccc(NC(=O)c2noc3c2CC(C(C)(C)C)CC3)cc1C. The molecule has 0 bridgehead atoms. The predicted molar refractivity (Wildman–Crippen MR) is 95.3 cm³/mol. The molecule has 1 aromatic heterocycles. The normalized spacial score (nSPS) is 17.5. The minimum atomic E-state index is -0.183. The van der Waals surface area contributed by atoms with Crippen LogP contribution in [-0.4, -0.2) is 11.1 Å². The molecule has 0 saturated carbocycles. The fourth-order valence-corrected chi connectivity index (χ4v) is 3.33. The smallest absolute Gasteiger partial charge is 0.278 e. The molecule has 4 nitrogen and oxygen atoms in total. The van der Waals surface area contributed by atoms with Crippen LogP contribution in [0, 0.1) is 25.2 Å². The zero-order valence-corrected chi connectivity index (χ0v) is 15.2. The van der Waals surface area contributed by atoms with Gasteiger partial charge in [0.15, 0.2) is 5.69 Å². The highest BCUT2D eigenvalue weighted by Gasteiger charge is 2.34. The van der Waals surface area contributed by atoms with Crippen molar-refractivity contribution >= 4 is 11.6 Å². The van der Waals surface area contributed by atoms with Crippen LogP contribution in [0.2, 0.25) is 0 Å². The van der Waals surface area contributed by atoms with Gasteiger partial charge in [-0.05, 0) is 61.3 Å². The molecule has 1 aliphatic carbocycles. The van der Waals surface area contributed by atoms with E-state index in [-0.39, 0.29) is 11.3 Å². The second-order valence-electron chi connectivity index (χ2n) is 7.99. The summed E-state index contributed by atoms with van der Waals surface area (Å²) in [5, 5.41) is 7.02. The van der Waals surface area contributed by atoms with Crippen molar-refractivity contribution < 1.29 is 9.32 Å². The van der Waals surface area contributed by atoms with E-state index in [9.17, 15) is 4.79 Å². The van der Waals surface area contributed by atoms with Crippen LogP contribution in [0.3, 0.4) is 0 Å². The maximum Gasteiger partial charge on any atom is 0.278 e. The summed E-state index contributed by atoms with van der Waals surface area (Å²) in [5.41, 5.74) is 4.81. The quantitative estimate of drug-likeness (QED) is 0.870. The van der Waals surface area contributed by atoms with Crippen LogP contribution in [0.15, 0.2) is 22.7 Å². The van der Waals surface area contributed by atoms with Gasteiger partial charge in [0, 0.05) is 17.7 Å². The molecule has 0 radical (unpaired) electrons. The number of carbonyl (C=O) groups excluding carboxylic acids is 1. The molecule has 4 heteroatoms. The van der Waals surface area contributed by atoms with E-state index < -0.39 is 0 Å². The summed E-state index contributed by atoms with van der Waals surface area (Å²) in [6.45, 7) is 10.9. The Morgan fingerprint density at radius 1 is 1.25 bits per heavy atom. The maximum absolute atomic E-state index is 12.7. The Labute approximate surface area is 143 Å². The van der Waals surface area contributed by atoms with Gasteiger partial charge >= 0.3 is 0 Å². The van der Waals surface area contributed by atoms with Gasteiger partial charge in [0.2, 0.25) is 0 Å². The van der Waals surface area contributed by atoms with E-state index in [0.29, 0.717) is 11.6 Å². The molecule has 1 unspecified atom stereocenters. The Morgan fingerprint density at radius 3 is 2.67 bits per heavy atom. The van der Waals surface area contributed by atoms with Crippen LogP contribution in [0.1, 0.15) is 60.1 Å². The third-order valence-electron chi connectivity index (χ3n) is 5.24. The first-order chi connectivity index (χ1) is 11.3. The number of nitrogens with zero attached hydrogens (tertiary/aromatic N) is 1. The molecule has 2 aromatic rings. The summed E-state index contributed by atoms with van der Waals surface area (Å²) in [5.74, 6) is 1.23. The van der Waals surface area contributed by atoms with Crippen molar-refractivity contribution in [3.8, 4) is 0 Å². The Balaban J connectivity index is 1.82. The lowest BCUT2D eigenvalue weighted by Gasteiger charge is -2.33. The summed E-state index contributed by atoms with van der Waals surface area (Å²) in [6, 6.07) is 5.92. The minimum Gasteiger partial charge on any atom is -0.360 e. The average Bonchev–Trinajstić information content (AvgIpc) is 2.93. The molecule has 1 amide bonds. The van der Waals surface area contributed by atoms with Crippen LogP contribution in [0.25, 0.3) is 0 Å². The average molecular weight is 326 g/mol. The molecule has 0 aliphatic heterocycles. The van der Waals surface area contributed by atoms with E-state index in [4.69, 9.17) is 4.52 Å². The molecule has 128 valence electrons. The van der Waals surface area contributed by atoms with Gasteiger partial charge in [-0.25, -0.2) is 0 Å². The van der Waals surface area contributed by atoms with Crippen LogP contribution in [0.5, 0.6) is 0 Å². The van der Waals surface area contributed by atoms with Crippen LogP contribution in [0.4, 0.5) is 5.69 Å². The van der Waals surface area contributed by atoms with Gasteiger partial charge < -0.3 is 9.84 Å². The van der Waals surface area contributed by atoms with Gasteiger partial charge in [-0.1, -0.05) is 32.0 Å². The maximum atomic E-state index is 12.7. The second kappa shape index (κ2) is 6.08. The van der Waals surface area contributed by atoms with Crippen LogP contribution < -0.4 is 5.32 Å².